The van der Waals surface area contributed by atoms with Crippen molar-refractivity contribution in [1.82, 2.24) is 4.72 Å². The predicted molar refractivity (Wildman–Crippen MR) is 93.0 cm³/mol. The molecule has 8 heteroatoms. The number of benzene rings is 1. The van der Waals surface area contributed by atoms with Crippen molar-refractivity contribution in [2.45, 2.75) is 30.1 Å². The van der Waals surface area contributed by atoms with Gasteiger partial charge in [0.1, 0.15) is 9.96 Å². The standard InChI is InChI=1S/C16H18N2O4S2/c1-2-11-7-8-15(23-11)24(20,21)17-10-9-14-16(19)18-12-5-3-4-6-13(12)22-14/h3-8,14,17H,2,9-10H2,1H3,(H,18,19). The molecule has 1 amide bonds. The minimum atomic E-state index is -3.55. The summed E-state index contributed by atoms with van der Waals surface area (Å²) >= 11 is 1.26. The fraction of sp³-hybridized carbons (Fsp3) is 0.312. The molecule has 1 aromatic carbocycles. The molecular weight excluding hydrogens is 348 g/mol. The first-order chi connectivity index (χ1) is 11.5. The van der Waals surface area contributed by atoms with Crippen molar-refractivity contribution in [3.05, 3.63) is 41.3 Å². The van der Waals surface area contributed by atoms with Gasteiger partial charge in [0.2, 0.25) is 10.0 Å². The highest BCUT2D eigenvalue weighted by atomic mass is 32.2. The Morgan fingerprint density at radius 1 is 1.25 bits per heavy atom. The van der Waals surface area contributed by atoms with Crippen LogP contribution in [0.3, 0.4) is 0 Å². The molecule has 6 nitrogen and oxygen atoms in total. The monoisotopic (exact) mass is 366 g/mol. The number of fused-ring (bicyclic) bond motifs is 1. The molecule has 0 spiro atoms. The van der Waals surface area contributed by atoms with E-state index in [0.717, 1.165) is 11.3 Å². The third-order valence-electron chi connectivity index (χ3n) is 3.66. The van der Waals surface area contributed by atoms with E-state index in [9.17, 15) is 13.2 Å². The van der Waals surface area contributed by atoms with Gasteiger partial charge >= 0.3 is 0 Å². The van der Waals surface area contributed by atoms with Crippen LogP contribution in [0, 0.1) is 0 Å². The van der Waals surface area contributed by atoms with Gasteiger partial charge in [0.15, 0.2) is 6.10 Å². The number of carbonyl (C=O) groups excluding carboxylic acids is 1. The number of anilines is 1. The van der Waals surface area contributed by atoms with Crippen molar-refractivity contribution in [3.63, 3.8) is 0 Å². The van der Waals surface area contributed by atoms with Gasteiger partial charge in [-0.05, 0) is 30.7 Å². The molecule has 2 N–H and O–H groups in total. The number of sulfonamides is 1. The van der Waals surface area contributed by atoms with Crippen LogP contribution in [0.25, 0.3) is 0 Å². The van der Waals surface area contributed by atoms with Gasteiger partial charge in [-0.25, -0.2) is 13.1 Å². The fourth-order valence-corrected chi connectivity index (χ4v) is 4.76. The topological polar surface area (TPSA) is 84.5 Å². The van der Waals surface area contributed by atoms with Gasteiger partial charge < -0.3 is 10.1 Å². The van der Waals surface area contributed by atoms with Gasteiger partial charge in [-0.2, -0.15) is 0 Å². The van der Waals surface area contributed by atoms with Crippen LogP contribution >= 0.6 is 11.3 Å². The second-order valence-corrected chi connectivity index (χ2v) is 8.51. The van der Waals surface area contributed by atoms with E-state index in [1.807, 2.05) is 25.1 Å². The number of aryl methyl sites for hydroxylation is 1. The molecule has 0 aliphatic carbocycles. The zero-order valence-corrected chi connectivity index (χ0v) is 14.7. The summed E-state index contributed by atoms with van der Waals surface area (Å²) in [6, 6.07) is 10.6. The molecule has 0 saturated carbocycles. The number of ether oxygens (including phenoxy) is 1. The minimum absolute atomic E-state index is 0.127. The summed E-state index contributed by atoms with van der Waals surface area (Å²) in [5, 5.41) is 2.76. The van der Waals surface area contributed by atoms with Crippen LogP contribution in [-0.2, 0) is 21.2 Å². The number of hydrogen-bond acceptors (Lipinski definition) is 5. The van der Waals surface area contributed by atoms with Crippen LogP contribution in [-0.4, -0.2) is 27.0 Å². The van der Waals surface area contributed by atoms with Crippen LogP contribution in [0.5, 0.6) is 5.75 Å². The van der Waals surface area contributed by atoms with Gasteiger partial charge in [-0.1, -0.05) is 19.1 Å². The Balaban J connectivity index is 1.59. The Kier molecular flexibility index (Phi) is 4.88. The summed E-state index contributed by atoms with van der Waals surface area (Å²) in [7, 11) is -3.55. The Morgan fingerprint density at radius 3 is 2.79 bits per heavy atom. The molecule has 0 bridgehead atoms. The first-order valence-electron chi connectivity index (χ1n) is 7.64. The quantitative estimate of drug-likeness (QED) is 0.822. The molecule has 1 aromatic heterocycles. The van der Waals surface area contributed by atoms with Gasteiger partial charge in [0, 0.05) is 17.8 Å². The van der Waals surface area contributed by atoms with Crippen molar-refractivity contribution in [3.8, 4) is 5.75 Å². The summed E-state index contributed by atoms with van der Waals surface area (Å²) in [4.78, 5) is 13.0. The van der Waals surface area contributed by atoms with E-state index in [2.05, 4.69) is 10.0 Å². The van der Waals surface area contributed by atoms with E-state index in [0.29, 0.717) is 15.6 Å². The first kappa shape index (κ1) is 16.9. The smallest absolute Gasteiger partial charge is 0.265 e. The van der Waals surface area contributed by atoms with Crippen LogP contribution in [0.1, 0.15) is 18.2 Å². The summed E-state index contributed by atoms with van der Waals surface area (Å²) < 4.78 is 32.9. The van der Waals surface area contributed by atoms with E-state index in [1.165, 1.54) is 11.3 Å². The molecule has 3 rings (SSSR count). The normalized spacial score (nSPS) is 17.0. The lowest BCUT2D eigenvalue weighted by Crippen LogP contribution is -2.39. The zero-order chi connectivity index (χ0) is 17.2. The Hall–Kier alpha value is -1.90. The van der Waals surface area contributed by atoms with Crippen LogP contribution in [0.2, 0.25) is 0 Å². The van der Waals surface area contributed by atoms with E-state index in [-0.39, 0.29) is 18.9 Å². The first-order valence-corrected chi connectivity index (χ1v) is 9.94. The van der Waals surface area contributed by atoms with E-state index < -0.39 is 16.1 Å². The molecule has 24 heavy (non-hydrogen) atoms. The summed E-state index contributed by atoms with van der Waals surface area (Å²) in [6.07, 6.45) is 0.346. The average Bonchev–Trinajstić information content (AvgIpc) is 3.05. The van der Waals surface area contributed by atoms with E-state index in [1.54, 1.807) is 18.2 Å². The Bertz CT molecular complexity index is 845. The lowest BCUT2D eigenvalue weighted by molar-refractivity contribution is -0.123. The van der Waals surface area contributed by atoms with Crippen molar-refractivity contribution in [2.24, 2.45) is 0 Å². The van der Waals surface area contributed by atoms with Gasteiger partial charge in [0.05, 0.1) is 5.69 Å². The molecule has 2 aromatic rings. The average molecular weight is 366 g/mol. The molecule has 0 radical (unpaired) electrons. The van der Waals surface area contributed by atoms with Gasteiger partial charge in [-0.3, -0.25) is 4.79 Å². The minimum Gasteiger partial charge on any atom is -0.478 e. The van der Waals surface area contributed by atoms with Crippen LogP contribution in [0.4, 0.5) is 5.69 Å². The van der Waals surface area contributed by atoms with Crippen molar-refractivity contribution >= 4 is 33.0 Å². The maximum atomic E-state index is 12.2. The fourth-order valence-electron chi connectivity index (χ4n) is 2.37. The molecule has 2 heterocycles. The maximum absolute atomic E-state index is 12.2. The second kappa shape index (κ2) is 6.92. The zero-order valence-electron chi connectivity index (χ0n) is 13.1. The number of carbonyl (C=O) groups is 1. The summed E-state index contributed by atoms with van der Waals surface area (Å²) in [5.74, 6) is 0.327. The number of thiophene rings is 1. The van der Waals surface area contributed by atoms with Gasteiger partial charge in [-0.15, -0.1) is 11.3 Å². The molecule has 0 fully saturated rings. The van der Waals surface area contributed by atoms with E-state index in [4.69, 9.17) is 4.74 Å². The Labute approximate surface area is 144 Å². The van der Waals surface area contributed by atoms with Crippen LogP contribution < -0.4 is 14.8 Å². The number of hydrogen-bond donors (Lipinski definition) is 2. The Morgan fingerprint density at radius 2 is 2.04 bits per heavy atom. The SMILES string of the molecule is CCc1ccc(S(=O)(=O)NCCC2Oc3ccccc3NC2=O)s1. The molecule has 128 valence electrons. The summed E-state index contributed by atoms with van der Waals surface area (Å²) in [5.41, 5.74) is 0.630. The van der Waals surface area contributed by atoms with Gasteiger partial charge in [0.25, 0.3) is 5.91 Å². The predicted octanol–water partition coefficient (Wildman–Crippen LogP) is 2.38. The lowest BCUT2D eigenvalue weighted by Gasteiger charge is -2.25. The van der Waals surface area contributed by atoms with Crippen molar-refractivity contribution in [1.29, 1.82) is 0 Å². The highest BCUT2D eigenvalue weighted by Gasteiger charge is 2.27. The molecule has 1 aliphatic heterocycles. The highest BCUT2D eigenvalue weighted by molar-refractivity contribution is 7.91. The third-order valence-corrected chi connectivity index (χ3v) is 6.84. The summed E-state index contributed by atoms with van der Waals surface area (Å²) in [6.45, 7) is 2.11. The number of para-hydroxylation sites is 2. The maximum Gasteiger partial charge on any atom is 0.265 e. The number of nitrogens with one attached hydrogen (secondary N) is 2. The highest BCUT2D eigenvalue weighted by Crippen LogP contribution is 2.29. The van der Waals surface area contributed by atoms with E-state index >= 15 is 0 Å². The second-order valence-electron chi connectivity index (χ2n) is 5.35. The molecular formula is C16H18N2O4S2. The third kappa shape index (κ3) is 3.61. The molecule has 1 aliphatic rings. The molecule has 0 saturated heterocycles. The lowest BCUT2D eigenvalue weighted by atomic mass is 10.2. The number of amides is 1. The van der Waals surface area contributed by atoms with Crippen molar-refractivity contribution < 1.29 is 17.9 Å². The molecule has 1 unspecified atom stereocenters. The largest absolute Gasteiger partial charge is 0.478 e. The van der Waals surface area contributed by atoms with Crippen molar-refractivity contribution in [2.75, 3.05) is 11.9 Å². The molecule has 1 atom stereocenters. The number of rotatable bonds is 6. The van der Waals surface area contributed by atoms with Crippen LogP contribution in [0.15, 0.2) is 40.6 Å².